The van der Waals surface area contributed by atoms with Crippen LogP contribution in [0.2, 0.25) is 5.02 Å². The maximum absolute atomic E-state index is 6.32. The number of halogens is 1. The Hall–Kier alpha value is -0.800. The Morgan fingerprint density at radius 3 is 2.95 bits per heavy atom. The lowest BCUT2D eigenvalue weighted by Gasteiger charge is -2.28. The second kappa shape index (κ2) is 8.60. The van der Waals surface area contributed by atoms with Gasteiger partial charge in [-0.15, -0.1) is 0 Å². The summed E-state index contributed by atoms with van der Waals surface area (Å²) in [6.07, 6.45) is 9.34. The summed E-state index contributed by atoms with van der Waals surface area (Å²) in [6.45, 7) is 6.23. The predicted molar refractivity (Wildman–Crippen MR) is 87.9 cm³/mol. The molecule has 2 atom stereocenters. The summed E-state index contributed by atoms with van der Waals surface area (Å²) in [6, 6.07) is 1.96. The van der Waals surface area contributed by atoms with Gasteiger partial charge in [0.15, 0.2) is 0 Å². The molecule has 1 saturated carbocycles. The molecule has 21 heavy (non-hydrogen) atoms. The molecule has 1 fully saturated rings. The maximum Gasteiger partial charge on any atom is 0.232 e. The van der Waals surface area contributed by atoms with Crippen molar-refractivity contribution in [3.05, 3.63) is 22.8 Å². The van der Waals surface area contributed by atoms with Crippen LogP contribution < -0.4 is 10.1 Å². The van der Waals surface area contributed by atoms with Gasteiger partial charge in [-0.25, -0.2) is 4.98 Å². The third-order valence-corrected chi connectivity index (χ3v) is 4.48. The summed E-state index contributed by atoms with van der Waals surface area (Å²) < 4.78 is 6.04. The van der Waals surface area contributed by atoms with E-state index in [9.17, 15) is 0 Å². The largest absolute Gasteiger partial charge is 0.473 e. The monoisotopic (exact) mass is 310 g/mol. The zero-order valence-corrected chi connectivity index (χ0v) is 14.0. The third kappa shape index (κ3) is 5.15. The lowest BCUT2D eigenvalue weighted by Crippen LogP contribution is -2.25. The van der Waals surface area contributed by atoms with Gasteiger partial charge in [0.2, 0.25) is 5.88 Å². The molecule has 0 radical (unpaired) electrons. The van der Waals surface area contributed by atoms with E-state index in [2.05, 4.69) is 24.1 Å². The standard InChI is InChI=1S/C17H27ClN2O/c1-3-8-19-11-14-10-16(18)17(20-12-14)21-15-7-5-6-13(4-2)9-15/h10,12-13,15,19H,3-9,11H2,1-2H3. The lowest BCUT2D eigenvalue weighted by molar-refractivity contribution is 0.117. The number of aromatic nitrogens is 1. The zero-order valence-electron chi connectivity index (χ0n) is 13.2. The fraction of sp³-hybridized carbons (Fsp3) is 0.706. The average Bonchev–Trinajstić information content (AvgIpc) is 2.50. The van der Waals surface area contributed by atoms with Crippen LogP contribution in [0.15, 0.2) is 12.3 Å². The Kier molecular flexibility index (Phi) is 6.78. The molecule has 1 aliphatic carbocycles. The normalized spacial score (nSPS) is 22.2. The van der Waals surface area contributed by atoms with E-state index in [1.165, 1.54) is 19.3 Å². The first-order valence-electron chi connectivity index (χ1n) is 8.24. The molecule has 1 N–H and O–H groups in total. The van der Waals surface area contributed by atoms with Gasteiger partial charge in [-0.2, -0.15) is 0 Å². The highest BCUT2D eigenvalue weighted by molar-refractivity contribution is 6.31. The first-order valence-corrected chi connectivity index (χ1v) is 8.62. The molecule has 0 amide bonds. The Morgan fingerprint density at radius 2 is 2.24 bits per heavy atom. The summed E-state index contributed by atoms with van der Waals surface area (Å²) in [4.78, 5) is 4.41. The van der Waals surface area contributed by atoms with Gasteiger partial charge in [0.05, 0.1) is 0 Å². The van der Waals surface area contributed by atoms with Crippen LogP contribution in [-0.2, 0) is 6.54 Å². The molecule has 1 aromatic heterocycles. The topological polar surface area (TPSA) is 34.2 Å². The Bertz CT molecular complexity index is 439. The first kappa shape index (κ1) is 16.6. The fourth-order valence-electron chi connectivity index (χ4n) is 2.94. The molecule has 0 spiro atoms. The SMILES string of the molecule is CCCNCc1cnc(OC2CCCC(CC)C2)c(Cl)c1. The Morgan fingerprint density at radius 1 is 1.38 bits per heavy atom. The molecule has 0 aromatic carbocycles. The van der Waals surface area contributed by atoms with Gasteiger partial charge < -0.3 is 10.1 Å². The van der Waals surface area contributed by atoms with Crippen LogP contribution in [0.25, 0.3) is 0 Å². The van der Waals surface area contributed by atoms with Crippen molar-refractivity contribution in [2.24, 2.45) is 5.92 Å². The summed E-state index contributed by atoms with van der Waals surface area (Å²) in [5.41, 5.74) is 1.11. The van der Waals surface area contributed by atoms with Crippen LogP contribution in [0, 0.1) is 5.92 Å². The molecular formula is C17H27ClN2O. The van der Waals surface area contributed by atoms with Gasteiger partial charge in [-0.05, 0) is 49.8 Å². The molecular weight excluding hydrogens is 284 g/mol. The second-order valence-electron chi connectivity index (χ2n) is 5.99. The first-order chi connectivity index (χ1) is 10.2. The van der Waals surface area contributed by atoms with Crippen molar-refractivity contribution in [1.82, 2.24) is 10.3 Å². The van der Waals surface area contributed by atoms with Crippen LogP contribution in [-0.4, -0.2) is 17.6 Å². The molecule has 2 rings (SSSR count). The zero-order chi connectivity index (χ0) is 15.1. The summed E-state index contributed by atoms with van der Waals surface area (Å²) >= 11 is 6.32. The smallest absolute Gasteiger partial charge is 0.232 e. The molecule has 4 heteroatoms. The lowest BCUT2D eigenvalue weighted by atomic mass is 9.85. The molecule has 1 heterocycles. The van der Waals surface area contributed by atoms with Crippen molar-refractivity contribution in [1.29, 1.82) is 0 Å². The summed E-state index contributed by atoms with van der Waals surface area (Å²) in [5, 5.41) is 3.98. The maximum atomic E-state index is 6.32. The second-order valence-corrected chi connectivity index (χ2v) is 6.40. The van der Waals surface area contributed by atoms with Crippen molar-refractivity contribution in [2.45, 2.75) is 65.0 Å². The highest BCUT2D eigenvalue weighted by atomic mass is 35.5. The van der Waals surface area contributed by atoms with Crippen molar-refractivity contribution in [3.8, 4) is 5.88 Å². The minimum atomic E-state index is 0.276. The molecule has 1 aromatic rings. The van der Waals surface area contributed by atoms with Crippen molar-refractivity contribution in [3.63, 3.8) is 0 Å². The highest BCUT2D eigenvalue weighted by Gasteiger charge is 2.23. The molecule has 118 valence electrons. The molecule has 0 bridgehead atoms. The fourth-order valence-corrected chi connectivity index (χ4v) is 3.17. The van der Waals surface area contributed by atoms with Gasteiger partial charge in [0, 0.05) is 12.7 Å². The molecule has 0 aliphatic heterocycles. The minimum Gasteiger partial charge on any atom is -0.473 e. The van der Waals surface area contributed by atoms with Gasteiger partial charge in [-0.3, -0.25) is 0 Å². The van der Waals surface area contributed by atoms with E-state index in [1.807, 2.05) is 12.3 Å². The number of nitrogens with zero attached hydrogens (tertiary/aromatic N) is 1. The van der Waals surface area contributed by atoms with E-state index < -0.39 is 0 Å². The number of ether oxygens (including phenoxy) is 1. The Labute approximate surface area is 133 Å². The highest BCUT2D eigenvalue weighted by Crippen LogP contribution is 2.31. The Balaban J connectivity index is 1.91. The summed E-state index contributed by atoms with van der Waals surface area (Å²) in [7, 11) is 0. The number of hydrogen-bond donors (Lipinski definition) is 1. The van der Waals surface area contributed by atoms with Gasteiger partial charge >= 0.3 is 0 Å². The third-order valence-electron chi connectivity index (χ3n) is 4.21. The van der Waals surface area contributed by atoms with E-state index in [4.69, 9.17) is 16.3 Å². The van der Waals surface area contributed by atoms with Crippen LogP contribution in [0.5, 0.6) is 5.88 Å². The predicted octanol–water partition coefficient (Wildman–Crippen LogP) is 4.58. The van der Waals surface area contributed by atoms with Gasteiger partial charge in [-0.1, -0.05) is 38.3 Å². The van der Waals surface area contributed by atoms with E-state index in [0.717, 1.165) is 43.8 Å². The van der Waals surface area contributed by atoms with E-state index in [0.29, 0.717) is 10.9 Å². The quantitative estimate of drug-likeness (QED) is 0.748. The number of nitrogens with one attached hydrogen (secondary N) is 1. The van der Waals surface area contributed by atoms with Crippen LogP contribution in [0.4, 0.5) is 0 Å². The van der Waals surface area contributed by atoms with Crippen LogP contribution in [0.3, 0.4) is 0 Å². The molecule has 2 unspecified atom stereocenters. The van der Waals surface area contributed by atoms with E-state index in [1.54, 1.807) is 0 Å². The number of rotatable bonds is 7. The molecule has 3 nitrogen and oxygen atoms in total. The van der Waals surface area contributed by atoms with E-state index >= 15 is 0 Å². The van der Waals surface area contributed by atoms with E-state index in [-0.39, 0.29) is 6.10 Å². The number of hydrogen-bond acceptors (Lipinski definition) is 3. The van der Waals surface area contributed by atoms with Gasteiger partial charge in [0.1, 0.15) is 11.1 Å². The van der Waals surface area contributed by atoms with Crippen molar-refractivity contribution < 1.29 is 4.74 Å². The van der Waals surface area contributed by atoms with Crippen LogP contribution in [0.1, 0.15) is 57.9 Å². The molecule has 1 aliphatic rings. The summed E-state index contributed by atoms with van der Waals surface area (Å²) in [5.74, 6) is 1.39. The average molecular weight is 311 g/mol. The number of pyridine rings is 1. The van der Waals surface area contributed by atoms with Crippen molar-refractivity contribution >= 4 is 11.6 Å². The van der Waals surface area contributed by atoms with Gasteiger partial charge in [0.25, 0.3) is 0 Å². The van der Waals surface area contributed by atoms with Crippen molar-refractivity contribution in [2.75, 3.05) is 6.54 Å². The van der Waals surface area contributed by atoms with Crippen LogP contribution >= 0.6 is 11.6 Å². The molecule has 0 saturated heterocycles. The minimum absolute atomic E-state index is 0.276.